The van der Waals surface area contributed by atoms with Crippen molar-refractivity contribution >= 4 is 22.6 Å². The minimum atomic E-state index is -0.00266. The minimum absolute atomic E-state index is 0.00266. The zero-order valence-corrected chi connectivity index (χ0v) is 12.0. The second-order valence-electron chi connectivity index (χ2n) is 5.25. The largest absolute Gasteiger partial charge is 0.328 e. The predicted molar refractivity (Wildman–Crippen MR) is 76.2 cm³/mol. The fourth-order valence-corrected chi connectivity index (χ4v) is 2.76. The smallest absolute Gasteiger partial charge is 0.295 e. The number of aryl methyl sites for hydroxylation is 2. The summed E-state index contributed by atoms with van der Waals surface area (Å²) in [6, 6.07) is 6.01. The zero-order valence-electron chi connectivity index (χ0n) is 11.3. The Kier molecular flexibility index (Phi) is 3.53. The number of benzene rings is 1. The summed E-state index contributed by atoms with van der Waals surface area (Å²) in [5.74, 6) is 0.558. The highest BCUT2D eigenvalue weighted by Gasteiger charge is 2.13. The summed E-state index contributed by atoms with van der Waals surface area (Å²) >= 11 is 6.41. The molecule has 0 radical (unpaired) electrons. The van der Waals surface area contributed by atoms with E-state index in [1.54, 1.807) is 23.2 Å². The Hall–Kier alpha value is -1.22. The Morgan fingerprint density at radius 2 is 1.78 bits per heavy atom. The average Bonchev–Trinajstić information content (AvgIpc) is 2.53. The van der Waals surface area contributed by atoms with Crippen LogP contribution in [0.25, 0.3) is 11.0 Å². The van der Waals surface area contributed by atoms with Crippen molar-refractivity contribution in [1.29, 1.82) is 0 Å². The standard InChI is InChI=1S/C14H19ClN2O/c1-9(2)7-11(15)10-5-6-12-13(8-10)17(4)14(18)16(12)3/h5-6,8-9,11H,7H2,1-4H3. The van der Waals surface area contributed by atoms with Crippen LogP contribution in [0.2, 0.25) is 0 Å². The van der Waals surface area contributed by atoms with Crippen LogP contribution in [-0.2, 0) is 14.1 Å². The number of alkyl halides is 1. The maximum absolute atomic E-state index is 11.8. The Balaban J connectivity index is 2.51. The maximum atomic E-state index is 11.8. The zero-order chi connectivity index (χ0) is 13.4. The van der Waals surface area contributed by atoms with E-state index in [4.69, 9.17) is 11.6 Å². The molecule has 2 aromatic rings. The number of imidazole rings is 1. The summed E-state index contributed by atoms with van der Waals surface area (Å²) in [5.41, 5.74) is 2.96. The van der Waals surface area contributed by atoms with Gasteiger partial charge in [-0.05, 0) is 30.0 Å². The molecule has 4 heteroatoms. The van der Waals surface area contributed by atoms with Crippen molar-refractivity contribution in [3.63, 3.8) is 0 Å². The number of fused-ring (bicyclic) bond motifs is 1. The van der Waals surface area contributed by atoms with Crippen molar-refractivity contribution in [3.05, 3.63) is 34.2 Å². The molecule has 98 valence electrons. The molecule has 1 heterocycles. The highest BCUT2D eigenvalue weighted by Crippen LogP contribution is 2.29. The molecule has 0 saturated carbocycles. The summed E-state index contributed by atoms with van der Waals surface area (Å²) in [6.07, 6.45) is 0.938. The first kappa shape index (κ1) is 13.2. The lowest BCUT2D eigenvalue weighted by Gasteiger charge is -2.12. The van der Waals surface area contributed by atoms with E-state index in [1.807, 2.05) is 18.2 Å². The summed E-state index contributed by atoms with van der Waals surface area (Å²) in [5, 5.41) is 0.00436. The van der Waals surface area contributed by atoms with E-state index in [-0.39, 0.29) is 11.1 Å². The van der Waals surface area contributed by atoms with Crippen LogP contribution in [-0.4, -0.2) is 9.13 Å². The summed E-state index contributed by atoms with van der Waals surface area (Å²) < 4.78 is 3.32. The average molecular weight is 267 g/mol. The first-order valence-corrected chi connectivity index (χ1v) is 6.65. The second kappa shape index (κ2) is 4.81. The van der Waals surface area contributed by atoms with Gasteiger partial charge in [0.2, 0.25) is 0 Å². The molecule has 3 nitrogen and oxygen atoms in total. The molecular weight excluding hydrogens is 248 g/mol. The van der Waals surface area contributed by atoms with Crippen LogP contribution in [0.1, 0.15) is 31.2 Å². The van der Waals surface area contributed by atoms with Crippen LogP contribution in [0.15, 0.2) is 23.0 Å². The van der Waals surface area contributed by atoms with Crippen molar-refractivity contribution in [2.45, 2.75) is 25.6 Å². The van der Waals surface area contributed by atoms with Gasteiger partial charge in [-0.1, -0.05) is 19.9 Å². The van der Waals surface area contributed by atoms with Gasteiger partial charge in [-0.2, -0.15) is 0 Å². The lowest BCUT2D eigenvalue weighted by Crippen LogP contribution is -2.19. The molecular formula is C14H19ClN2O. The molecule has 0 N–H and O–H groups in total. The summed E-state index contributed by atoms with van der Waals surface area (Å²) in [6.45, 7) is 4.32. The van der Waals surface area contributed by atoms with E-state index in [0.717, 1.165) is 23.0 Å². The van der Waals surface area contributed by atoms with Gasteiger partial charge in [-0.15, -0.1) is 11.6 Å². The van der Waals surface area contributed by atoms with Crippen molar-refractivity contribution < 1.29 is 0 Å². The molecule has 1 unspecified atom stereocenters. The molecule has 0 amide bonds. The third-order valence-corrected chi connectivity index (χ3v) is 3.77. The van der Waals surface area contributed by atoms with Crippen LogP contribution in [0.5, 0.6) is 0 Å². The predicted octanol–water partition coefficient (Wildman–Crippen LogP) is 3.20. The van der Waals surface area contributed by atoms with Gasteiger partial charge >= 0.3 is 5.69 Å². The van der Waals surface area contributed by atoms with Gasteiger partial charge in [-0.25, -0.2) is 4.79 Å². The van der Waals surface area contributed by atoms with Gasteiger partial charge in [0, 0.05) is 14.1 Å². The molecule has 0 fully saturated rings. The first-order valence-electron chi connectivity index (χ1n) is 6.21. The van der Waals surface area contributed by atoms with Gasteiger partial charge < -0.3 is 0 Å². The topological polar surface area (TPSA) is 26.9 Å². The van der Waals surface area contributed by atoms with Gasteiger partial charge in [0.05, 0.1) is 16.4 Å². The molecule has 0 aliphatic carbocycles. The molecule has 1 atom stereocenters. The Morgan fingerprint density at radius 1 is 1.17 bits per heavy atom. The van der Waals surface area contributed by atoms with E-state index in [2.05, 4.69) is 13.8 Å². The Bertz CT molecular complexity index is 624. The molecule has 0 aliphatic heterocycles. The third kappa shape index (κ3) is 2.19. The van der Waals surface area contributed by atoms with E-state index >= 15 is 0 Å². The molecule has 0 bridgehead atoms. The fraction of sp³-hybridized carbons (Fsp3) is 0.500. The highest BCUT2D eigenvalue weighted by molar-refractivity contribution is 6.20. The monoisotopic (exact) mass is 266 g/mol. The number of hydrogen-bond acceptors (Lipinski definition) is 1. The van der Waals surface area contributed by atoms with Crippen molar-refractivity contribution in [1.82, 2.24) is 9.13 Å². The molecule has 1 aromatic heterocycles. The fourth-order valence-electron chi connectivity index (χ4n) is 2.27. The molecule has 0 spiro atoms. The van der Waals surface area contributed by atoms with Crippen molar-refractivity contribution in [2.24, 2.45) is 20.0 Å². The molecule has 1 aromatic carbocycles. The van der Waals surface area contributed by atoms with Crippen LogP contribution in [0.4, 0.5) is 0 Å². The van der Waals surface area contributed by atoms with Crippen LogP contribution in [0.3, 0.4) is 0 Å². The van der Waals surface area contributed by atoms with Gasteiger partial charge in [0.1, 0.15) is 0 Å². The van der Waals surface area contributed by atoms with E-state index in [0.29, 0.717) is 5.92 Å². The maximum Gasteiger partial charge on any atom is 0.328 e. The minimum Gasteiger partial charge on any atom is -0.295 e. The summed E-state index contributed by atoms with van der Waals surface area (Å²) in [7, 11) is 3.58. The van der Waals surface area contributed by atoms with Crippen LogP contribution < -0.4 is 5.69 Å². The third-order valence-electron chi connectivity index (χ3n) is 3.34. The van der Waals surface area contributed by atoms with E-state index < -0.39 is 0 Å². The van der Waals surface area contributed by atoms with Crippen molar-refractivity contribution in [3.8, 4) is 0 Å². The lowest BCUT2D eigenvalue weighted by atomic mass is 10.0. The van der Waals surface area contributed by atoms with E-state index in [9.17, 15) is 4.79 Å². The molecule has 0 saturated heterocycles. The number of aromatic nitrogens is 2. The SMILES string of the molecule is CC(C)CC(Cl)c1ccc2c(c1)n(C)c(=O)n2C. The summed E-state index contributed by atoms with van der Waals surface area (Å²) in [4.78, 5) is 11.8. The number of hydrogen-bond donors (Lipinski definition) is 0. The number of rotatable bonds is 3. The van der Waals surface area contributed by atoms with Gasteiger partial charge in [0.15, 0.2) is 0 Å². The van der Waals surface area contributed by atoms with Gasteiger partial charge in [0.25, 0.3) is 0 Å². The first-order chi connectivity index (χ1) is 8.41. The van der Waals surface area contributed by atoms with Gasteiger partial charge in [-0.3, -0.25) is 9.13 Å². The van der Waals surface area contributed by atoms with Crippen LogP contribution >= 0.6 is 11.6 Å². The van der Waals surface area contributed by atoms with Crippen LogP contribution in [0, 0.1) is 5.92 Å². The highest BCUT2D eigenvalue weighted by atomic mass is 35.5. The van der Waals surface area contributed by atoms with E-state index in [1.165, 1.54) is 0 Å². The molecule has 0 aliphatic rings. The molecule has 2 rings (SSSR count). The normalized spacial score (nSPS) is 13.4. The quantitative estimate of drug-likeness (QED) is 0.784. The molecule has 18 heavy (non-hydrogen) atoms. The number of nitrogens with zero attached hydrogens (tertiary/aromatic N) is 2. The van der Waals surface area contributed by atoms with Crippen molar-refractivity contribution in [2.75, 3.05) is 0 Å². The Labute approximate surface area is 112 Å². The second-order valence-corrected chi connectivity index (χ2v) is 5.77. The number of halogens is 1. The Morgan fingerprint density at radius 3 is 2.39 bits per heavy atom. The lowest BCUT2D eigenvalue weighted by molar-refractivity contribution is 0.575.